The van der Waals surface area contributed by atoms with E-state index in [2.05, 4.69) is 31.1 Å². The molecule has 1 atom stereocenters. The second-order valence-electron chi connectivity index (χ2n) is 5.09. The molecule has 0 spiro atoms. The first kappa shape index (κ1) is 12.3. The molecule has 1 aliphatic heterocycles. The van der Waals surface area contributed by atoms with Crippen LogP contribution in [0.1, 0.15) is 32.1 Å². The second kappa shape index (κ2) is 5.36. The number of cyclic esters (lactones) is 1. The molecular formula is C12H20O2Si. The van der Waals surface area contributed by atoms with E-state index in [0.29, 0.717) is 6.42 Å². The molecule has 0 N–H and O–H groups in total. The maximum absolute atomic E-state index is 11.0. The van der Waals surface area contributed by atoms with Crippen molar-refractivity contribution in [3.05, 3.63) is 0 Å². The van der Waals surface area contributed by atoms with Crippen LogP contribution in [-0.4, -0.2) is 20.1 Å². The highest BCUT2D eigenvalue weighted by Gasteiger charge is 2.19. The standard InChI is InChI=1S/C12H20O2Si/c1-15(2,3)10-5-4-7-11-8-6-9-12(13)14-11/h11H,4,6-9H2,1-3H3. The Hall–Kier alpha value is -0.753. The molecular weight excluding hydrogens is 204 g/mol. The first-order valence-electron chi connectivity index (χ1n) is 5.67. The summed E-state index contributed by atoms with van der Waals surface area (Å²) in [6.07, 6.45) is 4.48. The third-order valence-electron chi connectivity index (χ3n) is 2.26. The van der Waals surface area contributed by atoms with E-state index in [-0.39, 0.29) is 12.1 Å². The lowest BCUT2D eigenvalue weighted by Gasteiger charge is -2.21. The molecule has 0 radical (unpaired) electrons. The lowest BCUT2D eigenvalue weighted by Crippen LogP contribution is -2.23. The van der Waals surface area contributed by atoms with E-state index < -0.39 is 8.07 Å². The van der Waals surface area contributed by atoms with Gasteiger partial charge in [0, 0.05) is 12.8 Å². The highest BCUT2D eigenvalue weighted by atomic mass is 28.3. The predicted octanol–water partition coefficient (Wildman–Crippen LogP) is 2.74. The van der Waals surface area contributed by atoms with Crippen molar-refractivity contribution >= 4 is 14.0 Å². The Kier molecular flexibility index (Phi) is 4.40. The largest absolute Gasteiger partial charge is 0.462 e. The quantitative estimate of drug-likeness (QED) is 0.409. The van der Waals surface area contributed by atoms with Gasteiger partial charge in [0.05, 0.1) is 0 Å². The Labute approximate surface area is 93.4 Å². The molecule has 0 aromatic rings. The van der Waals surface area contributed by atoms with Gasteiger partial charge in [0.15, 0.2) is 0 Å². The van der Waals surface area contributed by atoms with E-state index in [1.165, 1.54) is 0 Å². The van der Waals surface area contributed by atoms with Crippen molar-refractivity contribution in [2.24, 2.45) is 0 Å². The van der Waals surface area contributed by atoms with Crippen LogP contribution < -0.4 is 0 Å². The summed E-state index contributed by atoms with van der Waals surface area (Å²) in [6.45, 7) is 6.71. The number of esters is 1. The van der Waals surface area contributed by atoms with Crippen molar-refractivity contribution in [3.63, 3.8) is 0 Å². The molecule has 0 aromatic carbocycles. The highest BCUT2D eigenvalue weighted by Crippen LogP contribution is 2.17. The third kappa shape index (κ3) is 5.63. The van der Waals surface area contributed by atoms with Crippen molar-refractivity contribution in [2.75, 3.05) is 0 Å². The number of carbonyl (C=O) groups excluding carboxylic acids is 1. The van der Waals surface area contributed by atoms with Crippen molar-refractivity contribution < 1.29 is 9.53 Å². The minimum atomic E-state index is -1.23. The Balaban J connectivity index is 2.24. The molecule has 1 aliphatic rings. The molecule has 1 heterocycles. The molecule has 1 saturated heterocycles. The van der Waals surface area contributed by atoms with Gasteiger partial charge in [0.25, 0.3) is 0 Å². The molecule has 15 heavy (non-hydrogen) atoms. The summed E-state index contributed by atoms with van der Waals surface area (Å²) in [5.41, 5.74) is 3.32. The average molecular weight is 224 g/mol. The van der Waals surface area contributed by atoms with Gasteiger partial charge in [-0.25, -0.2) is 0 Å². The van der Waals surface area contributed by atoms with Gasteiger partial charge < -0.3 is 4.74 Å². The van der Waals surface area contributed by atoms with E-state index in [1.54, 1.807) is 0 Å². The van der Waals surface area contributed by atoms with Gasteiger partial charge in [-0.15, -0.1) is 11.5 Å². The minimum Gasteiger partial charge on any atom is -0.462 e. The summed E-state index contributed by atoms with van der Waals surface area (Å²) in [5.74, 6) is 3.17. The van der Waals surface area contributed by atoms with Gasteiger partial charge in [-0.2, -0.15) is 0 Å². The maximum Gasteiger partial charge on any atom is 0.306 e. The monoisotopic (exact) mass is 224 g/mol. The average Bonchev–Trinajstić information content (AvgIpc) is 2.11. The molecule has 0 bridgehead atoms. The fourth-order valence-corrected chi connectivity index (χ4v) is 2.20. The molecule has 0 saturated carbocycles. The van der Waals surface area contributed by atoms with Crippen molar-refractivity contribution in [1.29, 1.82) is 0 Å². The zero-order chi connectivity index (χ0) is 11.3. The number of rotatable bonds is 2. The van der Waals surface area contributed by atoms with E-state index in [4.69, 9.17) is 4.74 Å². The van der Waals surface area contributed by atoms with Gasteiger partial charge in [-0.05, 0) is 19.3 Å². The van der Waals surface area contributed by atoms with Crippen molar-refractivity contribution in [2.45, 2.75) is 57.8 Å². The van der Waals surface area contributed by atoms with E-state index in [1.807, 2.05) is 0 Å². The highest BCUT2D eigenvalue weighted by molar-refractivity contribution is 6.83. The molecule has 1 unspecified atom stereocenters. The summed E-state index contributed by atoms with van der Waals surface area (Å²) < 4.78 is 5.22. The second-order valence-corrected chi connectivity index (χ2v) is 9.84. The van der Waals surface area contributed by atoms with Crippen LogP contribution in [-0.2, 0) is 9.53 Å². The molecule has 1 fully saturated rings. The van der Waals surface area contributed by atoms with Gasteiger partial charge in [0.2, 0.25) is 0 Å². The number of hydrogen-bond donors (Lipinski definition) is 0. The van der Waals surface area contributed by atoms with Gasteiger partial charge in [-0.1, -0.05) is 19.6 Å². The Morgan fingerprint density at radius 1 is 1.47 bits per heavy atom. The zero-order valence-electron chi connectivity index (χ0n) is 9.93. The number of ether oxygens (including phenoxy) is 1. The smallest absolute Gasteiger partial charge is 0.306 e. The summed E-state index contributed by atoms with van der Waals surface area (Å²) in [5, 5.41) is 0. The van der Waals surface area contributed by atoms with E-state index >= 15 is 0 Å². The minimum absolute atomic E-state index is 0.0376. The Morgan fingerprint density at radius 3 is 2.80 bits per heavy atom. The van der Waals surface area contributed by atoms with Gasteiger partial charge in [0.1, 0.15) is 14.2 Å². The Bertz CT molecular complexity index is 280. The molecule has 0 aliphatic carbocycles. The molecule has 2 nitrogen and oxygen atoms in total. The van der Waals surface area contributed by atoms with Crippen LogP contribution in [0.4, 0.5) is 0 Å². The van der Waals surface area contributed by atoms with E-state index in [0.717, 1.165) is 25.7 Å². The van der Waals surface area contributed by atoms with Crippen LogP contribution in [0, 0.1) is 11.5 Å². The first-order valence-corrected chi connectivity index (χ1v) is 9.17. The van der Waals surface area contributed by atoms with Crippen molar-refractivity contribution in [1.82, 2.24) is 0 Å². The summed E-state index contributed by atoms with van der Waals surface area (Å²) >= 11 is 0. The van der Waals surface area contributed by atoms with E-state index in [9.17, 15) is 4.79 Å². The summed E-state index contributed by atoms with van der Waals surface area (Å²) in [6, 6.07) is 0. The fraction of sp³-hybridized carbons (Fsp3) is 0.750. The molecule has 84 valence electrons. The van der Waals surface area contributed by atoms with Crippen molar-refractivity contribution in [3.8, 4) is 11.5 Å². The molecule has 3 heteroatoms. The fourth-order valence-electron chi connectivity index (χ4n) is 1.54. The zero-order valence-corrected chi connectivity index (χ0v) is 10.9. The molecule has 0 amide bonds. The topological polar surface area (TPSA) is 26.3 Å². The first-order chi connectivity index (χ1) is 6.97. The SMILES string of the molecule is C[Si](C)(C)C#CCCC1CCCC(=O)O1. The molecule has 0 aromatic heterocycles. The van der Waals surface area contributed by atoms with Gasteiger partial charge in [-0.3, -0.25) is 4.79 Å². The number of hydrogen-bond acceptors (Lipinski definition) is 2. The number of carbonyl (C=O) groups is 1. The van der Waals surface area contributed by atoms with Crippen LogP contribution in [0.2, 0.25) is 19.6 Å². The third-order valence-corrected chi connectivity index (χ3v) is 3.19. The lowest BCUT2D eigenvalue weighted by molar-refractivity contribution is -0.153. The van der Waals surface area contributed by atoms with Crippen LogP contribution in [0.3, 0.4) is 0 Å². The van der Waals surface area contributed by atoms with Gasteiger partial charge >= 0.3 is 5.97 Å². The summed E-state index contributed by atoms with van der Waals surface area (Å²) in [7, 11) is -1.23. The van der Waals surface area contributed by atoms with Crippen LogP contribution in [0.5, 0.6) is 0 Å². The normalized spacial score (nSPS) is 21.5. The maximum atomic E-state index is 11.0. The molecule has 1 rings (SSSR count). The van der Waals surface area contributed by atoms with Crippen LogP contribution >= 0.6 is 0 Å². The lowest BCUT2D eigenvalue weighted by atomic mass is 10.0. The van der Waals surface area contributed by atoms with Crippen LogP contribution in [0.25, 0.3) is 0 Å². The van der Waals surface area contributed by atoms with Crippen LogP contribution in [0.15, 0.2) is 0 Å². The summed E-state index contributed by atoms with van der Waals surface area (Å²) in [4.78, 5) is 11.0. The Morgan fingerprint density at radius 2 is 2.20 bits per heavy atom. The predicted molar refractivity (Wildman–Crippen MR) is 64.1 cm³/mol.